The lowest BCUT2D eigenvalue weighted by atomic mass is 9.73. The van der Waals surface area contributed by atoms with Crippen LogP contribution in [0.2, 0.25) is 0 Å². The van der Waals surface area contributed by atoms with Gasteiger partial charge in [-0.25, -0.2) is 0 Å². The van der Waals surface area contributed by atoms with Crippen LogP contribution in [0.1, 0.15) is 38.7 Å². The average molecular weight is 288 g/mol. The molecule has 0 atom stereocenters. The van der Waals surface area contributed by atoms with E-state index in [0.717, 1.165) is 12.0 Å². The number of carbonyl (C=O) groups is 1. The third-order valence-electron chi connectivity index (χ3n) is 4.15. The summed E-state index contributed by atoms with van der Waals surface area (Å²) in [4.78, 5) is 12.7. The maximum Gasteiger partial charge on any atom is 0.207 e. The van der Waals surface area contributed by atoms with Crippen molar-refractivity contribution in [2.24, 2.45) is 5.41 Å². The second-order valence-electron chi connectivity index (χ2n) is 5.91. The second-order valence-corrected chi connectivity index (χ2v) is 5.91. The molecule has 0 saturated carbocycles. The van der Waals surface area contributed by atoms with Crippen LogP contribution in [0.3, 0.4) is 0 Å². The molecule has 1 aromatic rings. The Morgan fingerprint density at radius 2 is 1.90 bits per heavy atom. The Balaban J connectivity index is 2.39. The number of Topliss-reactive ketones (excluding diaryl/α,β-unsaturated/α-hetero) is 1. The Kier molecular flexibility index (Phi) is 4.96. The van der Waals surface area contributed by atoms with Crippen molar-refractivity contribution in [1.29, 1.82) is 0 Å². The van der Waals surface area contributed by atoms with Crippen LogP contribution >= 0.6 is 0 Å². The molecule has 1 fully saturated rings. The zero-order valence-electron chi connectivity index (χ0n) is 12.9. The molecule has 3 nitrogen and oxygen atoms in total. The van der Waals surface area contributed by atoms with Crippen molar-refractivity contribution < 1.29 is 14.3 Å². The molecule has 0 radical (unpaired) electrons. The summed E-state index contributed by atoms with van der Waals surface area (Å²) >= 11 is 0. The van der Waals surface area contributed by atoms with Crippen LogP contribution < -0.4 is 0 Å². The predicted octanol–water partition coefficient (Wildman–Crippen LogP) is 3.84. The minimum atomic E-state index is -0.995. The molecule has 1 heterocycles. The van der Waals surface area contributed by atoms with E-state index < -0.39 is 11.2 Å². The molecular formula is C18H24O3. The second kappa shape index (κ2) is 6.54. The zero-order valence-corrected chi connectivity index (χ0v) is 12.9. The molecule has 21 heavy (non-hydrogen) atoms. The number of allylic oxidation sites excluding steroid dienone is 1. The highest BCUT2D eigenvalue weighted by atomic mass is 16.7. The van der Waals surface area contributed by atoms with Crippen molar-refractivity contribution in [2.75, 3.05) is 13.2 Å². The molecule has 1 saturated heterocycles. The number of hydrogen-bond donors (Lipinski definition) is 0. The Morgan fingerprint density at radius 3 is 2.48 bits per heavy atom. The maximum atomic E-state index is 12.7. The van der Waals surface area contributed by atoms with E-state index in [0.29, 0.717) is 26.1 Å². The Hall–Kier alpha value is -1.45. The van der Waals surface area contributed by atoms with E-state index in [1.165, 1.54) is 0 Å². The number of ether oxygens (including phenoxy) is 2. The molecule has 0 N–H and O–H groups in total. The van der Waals surface area contributed by atoms with E-state index in [2.05, 4.69) is 6.58 Å². The van der Waals surface area contributed by atoms with Crippen LogP contribution in [0.4, 0.5) is 0 Å². The molecule has 0 aliphatic carbocycles. The molecular weight excluding hydrogens is 264 g/mol. The molecule has 0 spiro atoms. The lowest BCUT2D eigenvalue weighted by molar-refractivity contribution is -0.319. The fourth-order valence-electron chi connectivity index (χ4n) is 2.81. The Labute approximate surface area is 127 Å². The highest BCUT2D eigenvalue weighted by molar-refractivity contribution is 5.85. The van der Waals surface area contributed by atoms with E-state index in [4.69, 9.17) is 9.47 Å². The minimum absolute atomic E-state index is 0.133. The van der Waals surface area contributed by atoms with Crippen molar-refractivity contribution in [3.8, 4) is 0 Å². The summed E-state index contributed by atoms with van der Waals surface area (Å²) in [5, 5.41) is 0. The van der Waals surface area contributed by atoms with E-state index in [1.54, 1.807) is 6.08 Å². The number of rotatable bonds is 6. The van der Waals surface area contributed by atoms with Gasteiger partial charge in [0, 0.05) is 12.0 Å². The quantitative estimate of drug-likeness (QED) is 0.746. The van der Waals surface area contributed by atoms with Gasteiger partial charge in [-0.15, -0.1) is 6.58 Å². The van der Waals surface area contributed by atoms with E-state index >= 15 is 0 Å². The van der Waals surface area contributed by atoms with E-state index in [9.17, 15) is 4.79 Å². The lowest BCUT2D eigenvalue weighted by Gasteiger charge is -2.47. The first-order valence-corrected chi connectivity index (χ1v) is 7.52. The van der Waals surface area contributed by atoms with Crippen molar-refractivity contribution in [3.05, 3.63) is 48.6 Å². The Bertz CT molecular complexity index is 484. The monoisotopic (exact) mass is 288 g/mol. The molecule has 0 amide bonds. The number of hydrogen-bond acceptors (Lipinski definition) is 3. The van der Waals surface area contributed by atoms with Crippen LogP contribution in [0, 0.1) is 5.41 Å². The molecule has 1 aliphatic heterocycles. The molecule has 1 aromatic carbocycles. The van der Waals surface area contributed by atoms with Crippen molar-refractivity contribution in [2.45, 2.75) is 38.9 Å². The molecule has 1 aliphatic rings. The van der Waals surface area contributed by atoms with Gasteiger partial charge in [0.15, 0.2) is 0 Å². The van der Waals surface area contributed by atoms with Gasteiger partial charge < -0.3 is 9.47 Å². The molecule has 3 heteroatoms. The normalized spacial score (nSPS) is 18.2. The standard InChI is InChI=1S/C18H24O3/c1-4-5-12-16(19)17(2,3)18(20-13-9-14-21-18)15-10-7-6-8-11-15/h4,6-8,10-11H,1,5,9,12-14H2,2-3H3. The van der Waals surface area contributed by atoms with Gasteiger partial charge in [-0.05, 0) is 26.7 Å². The summed E-state index contributed by atoms with van der Waals surface area (Å²) in [6.07, 6.45) is 3.75. The average Bonchev–Trinajstić information content (AvgIpc) is 2.53. The maximum absolute atomic E-state index is 12.7. The summed E-state index contributed by atoms with van der Waals surface area (Å²) in [5.74, 6) is -0.863. The van der Waals surface area contributed by atoms with Crippen LogP contribution in [0.25, 0.3) is 0 Å². The van der Waals surface area contributed by atoms with Crippen LogP contribution in [0.15, 0.2) is 43.0 Å². The smallest absolute Gasteiger partial charge is 0.207 e. The predicted molar refractivity (Wildman–Crippen MR) is 82.9 cm³/mol. The van der Waals surface area contributed by atoms with Gasteiger partial charge >= 0.3 is 0 Å². The molecule has 0 unspecified atom stereocenters. The third kappa shape index (κ3) is 2.94. The molecule has 0 aromatic heterocycles. The highest BCUT2D eigenvalue weighted by Gasteiger charge is 2.54. The van der Waals surface area contributed by atoms with Crippen molar-refractivity contribution in [1.82, 2.24) is 0 Å². The summed E-state index contributed by atoms with van der Waals surface area (Å²) < 4.78 is 12.1. The largest absolute Gasteiger partial charge is 0.345 e. The van der Waals surface area contributed by atoms with Gasteiger partial charge in [-0.2, -0.15) is 0 Å². The van der Waals surface area contributed by atoms with Crippen molar-refractivity contribution >= 4 is 5.78 Å². The van der Waals surface area contributed by atoms with Crippen LogP contribution in [-0.2, 0) is 20.1 Å². The van der Waals surface area contributed by atoms with Crippen LogP contribution in [0.5, 0.6) is 0 Å². The van der Waals surface area contributed by atoms with E-state index in [-0.39, 0.29) is 5.78 Å². The minimum Gasteiger partial charge on any atom is -0.345 e. The summed E-state index contributed by atoms with van der Waals surface area (Å²) in [6, 6.07) is 9.78. The number of carbonyl (C=O) groups excluding carboxylic acids is 1. The van der Waals surface area contributed by atoms with Gasteiger partial charge in [0.1, 0.15) is 5.78 Å². The van der Waals surface area contributed by atoms with Gasteiger partial charge in [0.05, 0.1) is 18.6 Å². The third-order valence-corrected chi connectivity index (χ3v) is 4.15. The molecule has 2 rings (SSSR count). The first-order chi connectivity index (χ1) is 10.0. The molecule has 114 valence electrons. The first kappa shape index (κ1) is 15.9. The van der Waals surface area contributed by atoms with Gasteiger partial charge in [-0.3, -0.25) is 4.79 Å². The SMILES string of the molecule is C=CCCC(=O)C(C)(C)C1(c2ccccc2)OCCCO1. The van der Waals surface area contributed by atoms with Crippen molar-refractivity contribution in [3.63, 3.8) is 0 Å². The fraction of sp³-hybridized carbons (Fsp3) is 0.500. The highest BCUT2D eigenvalue weighted by Crippen LogP contribution is 2.47. The first-order valence-electron chi connectivity index (χ1n) is 7.52. The summed E-state index contributed by atoms with van der Waals surface area (Å²) in [5.41, 5.74) is 0.152. The lowest BCUT2D eigenvalue weighted by Crippen LogP contribution is -2.53. The summed E-state index contributed by atoms with van der Waals surface area (Å²) in [6.45, 7) is 8.72. The zero-order chi connectivity index (χ0) is 15.3. The fourth-order valence-corrected chi connectivity index (χ4v) is 2.81. The summed E-state index contributed by atoms with van der Waals surface area (Å²) in [7, 11) is 0. The van der Waals surface area contributed by atoms with Gasteiger partial charge in [-0.1, -0.05) is 36.4 Å². The number of benzene rings is 1. The van der Waals surface area contributed by atoms with Gasteiger partial charge in [0.25, 0.3) is 0 Å². The number of ketones is 1. The topological polar surface area (TPSA) is 35.5 Å². The van der Waals surface area contributed by atoms with E-state index in [1.807, 2.05) is 44.2 Å². The van der Waals surface area contributed by atoms with Gasteiger partial charge in [0.2, 0.25) is 5.79 Å². The molecule has 0 bridgehead atoms. The van der Waals surface area contributed by atoms with Crippen LogP contribution in [-0.4, -0.2) is 19.0 Å². The Morgan fingerprint density at radius 1 is 1.29 bits per heavy atom.